The van der Waals surface area contributed by atoms with Crippen LogP contribution >= 0.6 is 15.9 Å². The first kappa shape index (κ1) is 23.8. The molecule has 0 bridgehead atoms. The van der Waals surface area contributed by atoms with Crippen molar-refractivity contribution in [3.8, 4) is 11.5 Å². The predicted molar refractivity (Wildman–Crippen MR) is 137 cm³/mol. The molecule has 1 aromatic heterocycles. The Morgan fingerprint density at radius 2 is 1.86 bits per heavy atom. The number of hydrogen-bond donors (Lipinski definition) is 0. The number of carbonyl (C=O) groups excluding carboxylic acids is 1. The summed E-state index contributed by atoms with van der Waals surface area (Å²) in [5.74, 6) is 0.148. The molecule has 2 heterocycles. The summed E-state index contributed by atoms with van der Waals surface area (Å²) in [7, 11) is 1.52. The molecule has 0 fully saturated rings. The lowest BCUT2D eigenvalue weighted by atomic mass is 9.97. The Labute approximate surface area is 214 Å². The maximum absolute atomic E-state index is 13.7. The molecular formula is C28H21BrFNO5. The van der Waals surface area contributed by atoms with Crippen molar-refractivity contribution in [1.29, 1.82) is 0 Å². The molecule has 0 N–H and O–H groups in total. The van der Waals surface area contributed by atoms with Crippen LogP contribution in [-0.4, -0.2) is 24.5 Å². The van der Waals surface area contributed by atoms with Gasteiger partial charge in [0.2, 0.25) is 5.76 Å². The van der Waals surface area contributed by atoms with Gasteiger partial charge in [-0.15, -0.1) is 0 Å². The fourth-order valence-corrected chi connectivity index (χ4v) is 4.77. The van der Waals surface area contributed by atoms with Gasteiger partial charge in [-0.05, 0) is 53.6 Å². The van der Waals surface area contributed by atoms with E-state index in [-0.39, 0.29) is 29.1 Å². The van der Waals surface area contributed by atoms with E-state index in [1.165, 1.54) is 19.2 Å². The van der Waals surface area contributed by atoms with Gasteiger partial charge in [0, 0.05) is 11.0 Å². The molecule has 36 heavy (non-hydrogen) atoms. The van der Waals surface area contributed by atoms with Crippen molar-refractivity contribution in [2.24, 2.45) is 0 Å². The highest BCUT2D eigenvalue weighted by molar-refractivity contribution is 9.10. The van der Waals surface area contributed by atoms with Crippen LogP contribution in [0.1, 0.15) is 33.3 Å². The van der Waals surface area contributed by atoms with E-state index in [1.807, 2.05) is 0 Å². The number of benzene rings is 3. The summed E-state index contributed by atoms with van der Waals surface area (Å²) in [5.41, 5.74) is 1.63. The average Bonchev–Trinajstić information content (AvgIpc) is 3.16. The number of carbonyl (C=O) groups is 1. The molecule has 0 saturated heterocycles. The van der Waals surface area contributed by atoms with Gasteiger partial charge in [0.15, 0.2) is 16.9 Å². The van der Waals surface area contributed by atoms with Crippen LogP contribution in [0.3, 0.4) is 0 Å². The van der Waals surface area contributed by atoms with Crippen LogP contribution in [0.4, 0.5) is 4.39 Å². The summed E-state index contributed by atoms with van der Waals surface area (Å²) in [4.78, 5) is 28.9. The van der Waals surface area contributed by atoms with Crippen LogP contribution in [-0.2, 0) is 6.54 Å². The minimum atomic E-state index is -0.750. The normalized spacial score (nSPS) is 14.7. The molecule has 1 aliphatic rings. The van der Waals surface area contributed by atoms with Crippen molar-refractivity contribution < 1.29 is 23.1 Å². The molecule has 1 aliphatic heterocycles. The fraction of sp³-hybridized carbons (Fsp3) is 0.143. The molecule has 4 aromatic rings. The quantitative estimate of drug-likeness (QED) is 0.264. The molecule has 5 rings (SSSR count). The Bertz CT molecular complexity index is 1550. The molecule has 0 spiro atoms. The van der Waals surface area contributed by atoms with Gasteiger partial charge >= 0.3 is 0 Å². The zero-order chi connectivity index (χ0) is 25.4. The molecule has 182 valence electrons. The second-order valence-electron chi connectivity index (χ2n) is 8.29. The number of methoxy groups -OCH3 is 1. The summed E-state index contributed by atoms with van der Waals surface area (Å²) >= 11 is 3.40. The number of halogens is 2. The van der Waals surface area contributed by atoms with E-state index in [1.54, 1.807) is 59.5 Å². The fourth-order valence-electron chi connectivity index (χ4n) is 4.41. The van der Waals surface area contributed by atoms with Crippen LogP contribution < -0.4 is 14.9 Å². The van der Waals surface area contributed by atoms with Gasteiger partial charge in [0.25, 0.3) is 5.91 Å². The summed E-state index contributed by atoms with van der Waals surface area (Å²) in [6.07, 6.45) is 1.62. The number of fused-ring (bicyclic) bond motifs is 2. The first-order valence-electron chi connectivity index (χ1n) is 11.1. The molecule has 1 amide bonds. The second kappa shape index (κ2) is 9.62. The van der Waals surface area contributed by atoms with E-state index in [0.717, 1.165) is 4.47 Å². The second-order valence-corrected chi connectivity index (χ2v) is 9.20. The minimum Gasteiger partial charge on any atom is -0.493 e. The van der Waals surface area contributed by atoms with Gasteiger partial charge in [-0.1, -0.05) is 46.8 Å². The van der Waals surface area contributed by atoms with Gasteiger partial charge in [0.05, 0.1) is 24.1 Å². The largest absolute Gasteiger partial charge is 0.493 e. The zero-order valence-corrected chi connectivity index (χ0v) is 20.9. The lowest BCUT2D eigenvalue weighted by Crippen LogP contribution is -2.29. The Morgan fingerprint density at radius 3 is 2.58 bits per heavy atom. The highest BCUT2D eigenvalue weighted by Crippen LogP contribution is 2.42. The van der Waals surface area contributed by atoms with E-state index in [2.05, 4.69) is 22.5 Å². The van der Waals surface area contributed by atoms with Crippen LogP contribution in [0, 0.1) is 5.82 Å². The Hall–Kier alpha value is -3.91. The number of rotatable bonds is 7. The minimum absolute atomic E-state index is 0.00659. The number of amides is 1. The van der Waals surface area contributed by atoms with Crippen molar-refractivity contribution >= 4 is 32.8 Å². The Kier molecular flexibility index (Phi) is 6.36. The lowest BCUT2D eigenvalue weighted by Gasteiger charge is -2.26. The van der Waals surface area contributed by atoms with Crippen molar-refractivity contribution in [2.75, 3.05) is 13.7 Å². The van der Waals surface area contributed by atoms with Crippen molar-refractivity contribution in [3.05, 3.63) is 116 Å². The van der Waals surface area contributed by atoms with E-state index >= 15 is 0 Å². The maximum atomic E-state index is 13.7. The third-order valence-corrected chi connectivity index (χ3v) is 6.55. The van der Waals surface area contributed by atoms with Gasteiger partial charge in [-0.3, -0.25) is 9.59 Å². The van der Waals surface area contributed by atoms with Crippen LogP contribution in [0.25, 0.3) is 11.0 Å². The molecular weight excluding hydrogens is 529 g/mol. The number of hydrogen-bond acceptors (Lipinski definition) is 5. The van der Waals surface area contributed by atoms with Gasteiger partial charge in [0.1, 0.15) is 18.0 Å². The third kappa shape index (κ3) is 4.18. The lowest BCUT2D eigenvalue weighted by molar-refractivity contribution is 0.0714. The summed E-state index contributed by atoms with van der Waals surface area (Å²) < 4.78 is 31.4. The van der Waals surface area contributed by atoms with Gasteiger partial charge in [-0.25, -0.2) is 4.39 Å². The number of ether oxygens (including phenoxy) is 2. The van der Waals surface area contributed by atoms with E-state index in [0.29, 0.717) is 40.2 Å². The number of nitrogens with zero attached hydrogens (tertiary/aromatic N) is 1. The zero-order valence-electron chi connectivity index (χ0n) is 19.3. The molecule has 1 atom stereocenters. The standard InChI is InChI=1S/C28H21BrFNO5/c1-3-12-35-22-10-6-17(13-23(22)34-2)25-24-26(32)20-14-18(29)7-11-21(20)36-27(24)28(33)31(25)15-16-4-8-19(30)9-5-16/h3-11,13-14,25H,1,12,15H2,2H3. The first-order valence-corrected chi connectivity index (χ1v) is 11.9. The molecule has 6 nitrogen and oxygen atoms in total. The molecule has 1 unspecified atom stereocenters. The topological polar surface area (TPSA) is 69.0 Å². The Morgan fingerprint density at radius 1 is 1.08 bits per heavy atom. The summed E-state index contributed by atoms with van der Waals surface area (Å²) in [6.45, 7) is 4.10. The molecule has 0 saturated carbocycles. The van der Waals surface area contributed by atoms with E-state index < -0.39 is 11.9 Å². The first-order chi connectivity index (χ1) is 17.4. The van der Waals surface area contributed by atoms with Crippen LogP contribution in [0.5, 0.6) is 11.5 Å². The highest BCUT2D eigenvalue weighted by atomic mass is 79.9. The molecule has 0 aliphatic carbocycles. The monoisotopic (exact) mass is 549 g/mol. The average molecular weight is 550 g/mol. The van der Waals surface area contributed by atoms with Crippen molar-refractivity contribution in [1.82, 2.24) is 4.90 Å². The molecule has 8 heteroatoms. The molecule has 0 radical (unpaired) electrons. The van der Waals surface area contributed by atoms with Crippen molar-refractivity contribution in [2.45, 2.75) is 12.6 Å². The van der Waals surface area contributed by atoms with Crippen LogP contribution in [0.15, 0.2) is 87.0 Å². The Balaban J connectivity index is 1.69. The third-order valence-electron chi connectivity index (χ3n) is 6.05. The van der Waals surface area contributed by atoms with Crippen LogP contribution in [0.2, 0.25) is 0 Å². The highest BCUT2D eigenvalue weighted by Gasteiger charge is 2.43. The van der Waals surface area contributed by atoms with E-state index in [4.69, 9.17) is 13.9 Å². The predicted octanol–water partition coefficient (Wildman–Crippen LogP) is 6.01. The smallest absolute Gasteiger partial charge is 0.291 e. The van der Waals surface area contributed by atoms with Gasteiger partial charge < -0.3 is 18.8 Å². The summed E-state index contributed by atoms with van der Waals surface area (Å²) in [6, 6.07) is 15.5. The SMILES string of the molecule is C=CCOc1ccc(C2c3c(oc4ccc(Br)cc4c3=O)C(=O)N2Cc2ccc(F)cc2)cc1OC. The summed E-state index contributed by atoms with van der Waals surface area (Å²) in [5, 5.41) is 0.363. The van der Waals surface area contributed by atoms with E-state index in [9.17, 15) is 14.0 Å². The van der Waals surface area contributed by atoms with Crippen molar-refractivity contribution in [3.63, 3.8) is 0 Å². The maximum Gasteiger partial charge on any atom is 0.291 e. The van der Waals surface area contributed by atoms with Gasteiger partial charge in [-0.2, -0.15) is 0 Å². The molecule has 3 aromatic carbocycles.